The number of H-pyrrole nitrogens is 1. The number of benzene rings is 3. The number of aromatic amines is 1. The highest BCUT2D eigenvalue weighted by molar-refractivity contribution is 7.92. The van der Waals surface area contributed by atoms with Gasteiger partial charge in [0.2, 0.25) is 10.0 Å². The molecule has 11 nitrogen and oxygen atoms in total. The molecule has 0 unspecified atom stereocenters. The van der Waals surface area contributed by atoms with Crippen LogP contribution in [0, 0.1) is 5.82 Å². The Morgan fingerprint density at radius 1 is 0.979 bits per heavy atom. The van der Waals surface area contributed by atoms with Gasteiger partial charge in [-0.1, -0.05) is 24.3 Å². The largest absolute Gasteiger partial charge is 0.416 e. The Balaban J connectivity index is 1.74. The Morgan fingerprint density at radius 3 is 2.35 bits per heavy atom. The molecule has 0 aliphatic heterocycles. The minimum atomic E-state index is -4.84. The average Bonchev–Trinajstić information content (AvgIpc) is 3.33. The van der Waals surface area contributed by atoms with Crippen LogP contribution in [0.5, 0.6) is 0 Å². The van der Waals surface area contributed by atoms with E-state index in [1.807, 2.05) is 4.72 Å². The first kappa shape index (κ1) is 34.3. The standard InChI is InChI=1S/C31H26F4N4O7S2/c1-47(43,44)39(14-15-40)21-7-4-8-22(17-21)48(45,46)37-30(42)28-27(23-9-5-13-36-29(23)41)24-16-20(31(33,34)35)11-12-26(24)38(28)18-19-6-2-3-10-25(19)32/h2-13,16-17,40H,14-15,18H2,1H3,(H,36,41)(H,37,42). The van der Waals surface area contributed by atoms with Crippen LogP contribution in [-0.4, -0.2) is 56.8 Å². The normalized spacial score (nSPS) is 12.3. The molecule has 48 heavy (non-hydrogen) atoms. The summed E-state index contributed by atoms with van der Waals surface area (Å²) in [6, 6.07) is 14.9. The molecule has 3 N–H and O–H groups in total. The maximum atomic E-state index is 14.9. The fourth-order valence-electron chi connectivity index (χ4n) is 5.23. The first-order valence-electron chi connectivity index (χ1n) is 13.9. The first-order valence-corrected chi connectivity index (χ1v) is 17.3. The van der Waals surface area contributed by atoms with Crippen molar-refractivity contribution in [1.82, 2.24) is 14.3 Å². The highest BCUT2D eigenvalue weighted by Crippen LogP contribution is 2.39. The van der Waals surface area contributed by atoms with Crippen molar-refractivity contribution in [3.05, 3.63) is 118 Å². The van der Waals surface area contributed by atoms with Crippen LogP contribution >= 0.6 is 0 Å². The van der Waals surface area contributed by atoms with Crippen LogP contribution in [0.4, 0.5) is 23.2 Å². The third kappa shape index (κ3) is 6.83. The lowest BCUT2D eigenvalue weighted by Crippen LogP contribution is -2.34. The van der Waals surface area contributed by atoms with E-state index in [9.17, 15) is 49.1 Å². The van der Waals surface area contributed by atoms with Crippen molar-refractivity contribution in [2.45, 2.75) is 17.6 Å². The number of amides is 1. The van der Waals surface area contributed by atoms with Crippen LogP contribution in [0.1, 0.15) is 21.6 Å². The molecule has 17 heteroatoms. The number of hydrogen-bond acceptors (Lipinski definition) is 7. The van der Waals surface area contributed by atoms with Crippen LogP contribution in [0.3, 0.4) is 0 Å². The number of halogens is 4. The second kappa shape index (κ2) is 12.9. The van der Waals surface area contributed by atoms with Gasteiger partial charge in [0.05, 0.1) is 42.1 Å². The van der Waals surface area contributed by atoms with E-state index in [0.717, 1.165) is 45.5 Å². The molecule has 0 radical (unpaired) electrons. The van der Waals surface area contributed by atoms with Crippen molar-refractivity contribution in [1.29, 1.82) is 0 Å². The minimum absolute atomic E-state index is 0.00261. The van der Waals surface area contributed by atoms with Crippen LogP contribution < -0.4 is 14.6 Å². The van der Waals surface area contributed by atoms with Gasteiger partial charge in [0.25, 0.3) is 21.5 Å². The zero-order valence-electron chi connectivity index (χ0n) is 24.8. The van der Waals surface area contributed by atoms with E-state index in [0.29, 0.717) is 6.07 Å². The fraction of sp³-hybridized carbons (Fsp3) is 0.161. The smallest absolute Gasteiger partial charge is 0.394 e. The topological polar surface area (TPSA) is 159 Å². The van der Waals surface area contributed by atoms with Gasteiger partial charge in [-0.05, 0) is 54.6 Å². The van der Waals surface area contributed by atoms with Gasteiger partial charge in [0, 0.05) is 33.8 Å². The summed E-state index contributed by atoms with van der Waals surface area (Å²) in [7, 11) is -8.81. The fourth-order valence-corrected chi connectivity index (χ4v) is 7.13. The molecule has 0 aliphatic carbocycles. The highest BCUT2D eigenvalue weighted by Gasteiger charge is 2.34. The summed E-state index contributed by atoms with van der Waals surface area (Å²) in [5.74, 6) is -2.10. The number of carbonyl (C=O) groups is 1. The molecule has 0 bridgehead atoms. The van der Waals surface area contributed by atoms with Gasteiger partial charge in [-0.25, -0.2) is 25.9 Å². The molecule has 5 rings (SSSR count). The lowest BCUT2D eigenvalue weighted by atomic mass is 10.0. The molecule has 1 amide bonds. The van der Waals surface area contributed by atoms with Crippen LogP contribution in [0.25, 0.3) is 22.0 Å². The molecular formula is C31H26F4N4O7S2. The van der Waals surface area contributed by atoms with E-state index in [-0.39, 0.29) is 33.3 Å². The number of aliphatic hydroxyl groups excluding tert-OH is 1. The van der Waals surface area contributed by atoms with E-state index in [4.69, 9.17) is 0 Å². The molecule has 252 valence electrons. The summed E-state index contributed by atoms with van der Waals surface area (Å²) in [6.07, 6.45) is -2.74. The Bertz CT molecular complexity index is 2320. The number of nitrogens with one attached hydrogen (secondary N) is 2. The van der Waals surface area contributed by atoms with Crippen molar-refractivity contribution in [3.63, 3.8) is 0 Å². The molecule has 0 saturated heterocycles. The predicted octanol–water partition coefficient (Wildman–Crippen LogP) is 4.08. The number of rotatable bonds is 10. The number of nitrogens with zero attached hydrogens (tertiary/aromatic N) is 2. The average molecular weight is 707 g/mol. The number of fused-ring (bicyclic) bond motifs is 1. The highest BCUT2D eigenvalue weighted by atomic mass is 32.2. The summed E-state index contributed by atoms with van der Waals surface area (Å²) in [6.45, 7) is -1.45. The molecular weight excluding hydrogens is 680 g/mol. The van der Waals surface area contributed by atoms with E-state index >= 15 is 0 Å². The van der Waals surface area contributed by atoms with Crippen LogP contribution in [0.15, 0.2) is 94.7 Å². The third-order valence-electron chi connectivity index (χ3n) is 7.33. The molecule has 0 fully saturated rings. The lowest BCUT2D eigenvalue weighted by Gasteiger charge is -2.22. The summed E-state index contributed by atoms with van der Waals surface area (Å²) in [5.41, 5.74) is -3.31. The molecule has 0 aliphatic rings. The van der Waals surface area contributed by atoms with Crippen molar-refractivity contribution < 1.29 is 44.3 Å². The molecule has 0 saturated carbocycles. The first-order chi connectivity index (χ1) is 22.5. The quantitative estimate of drug-likeness (QED) is 0.185. The zero-order chi connectivity index (χ0) is 35.0. The van der Waals surface area contributed by atoms with E-state index < -0.39 is 79.4 Å². The number of aromatic nitrogens is 2. The second-order valence-corrected chi connectivity index (χ2v) is 14.1. The number of pyridine rings is 1. The number of anilines is 1. The van der Waals surface area contributed by atoms with E-state index in [1.165, 1.54) is 48.7 Å². The summed E-state index contributed by atoms with van der Waals surface area (Å²) in [5, 5.41) is 9.11. The molecule has 0 atom stereocenters. The van der Waals surface area contributed by atoms with Crippen molar-refractivity contribution in [3.8, 4) is 11.1 Å². The molecule has 0 spiro atoms. The van der Waals surface area contributed by atoms with Gasteiger partial charge in [-0.15, -0.1) is 0 Å². The van der Waals surface area contributed by atoms with Gasteiger partial charge >= 0.3 is 6.18 Å². The maximum absolute atomic E-state index is 14.9. The van der Waals surface area contributed by atoms with E-state index in [2.05, 4.69) is 4.98 Å². The SMILES string of the molecule is CS(=O)(=O)N(CCO)c1cccc(S(=O)(=O)NC(=O)c2c(-c3ccc[nH]c3=O)c3cc(C(F)(F)F)ccc3n2Cc2ccccc2F)c1. The molecule has 3 aromatic carbocycles. The van der Waals surface area contributed by atoms with Crippen molar-refractivity contribution in [2.24, 2.45) is 0 Å². The number of carbonyl (C=O) groups excluding carboxylic acids is 1. The van der Waals surface area contributed by atoms with Crippen molar-refractivity contribution >= 4 is 42.5 Å². The summed E-state index contributed by atoms with van der Waals surface area (Å²) < 4.78 is 112. The van der Waals surface area contributed by atoms with Crippen LogP contribution in [0.2, 0.25) is 0 Å². The third-order valence-corrected chi connectivity index (χ3v) is 9.85. The minimum Gasteiger partial charge on any atom is -0.394 e. The monoisotopic (exact) mass is 706 g/mol. The number of sulfonamides is 2. The Kier molecular flexibility index (Phi) is 9.22. The van der Waals surface area contributed by atoms with Gasteiger partial charge in [0.15, 0.2) is 0 Å². The van der Waals surface area contributed by atoms with Crippen LogP contribution in [-0.2, 0) is 32.8 Å². The lowest BCUT2D eigenvalue weighted by molar-refractivity contribution is -0.137. The number of aliphatic hydroxyl groups is 1. The molecule has 2 heterocycles. The zero-order valence-corrected chi connectivity index (χ0v) is 26.5. The number of alkyl halides is 3. The summed E-state index contributed by atoms with van der Waals surface area (Å²) in [4.78, 5) is 28.9. The van der Waals surface area contributed by atoms with Gasteiger partial charge in [0.1, 0.15) is 11.5 Å². The Hall–Kier alpha value is -5.00. The molecule has 5 aromatic rings. The second-order valence-electron chi connectivity index (χ2n) is 10.5. The predicted molar refractivity (Wildman–Crippen MR) is 169 cm³/mol. The number of hydrogen-bond donors (Lipinski definition) is 3. The molecule has 2 aromatic heterocycles. The summed E-state index contributed by atoms with van der Waals surface area (Å²) >= 11 is 0. The Labute approximate surface area is 271 Å². The Morgan fingerprint density at radius 2 is 1.71 bits per heavy atom. The van der Waals surface area contributed by atoms with Crippen molar-refractivity contribution in [2.75, 3.05) is 23.7 Å². The van der Waals surface area contributed by atoms with Gasteiger partial charge in [-0.2, -0.15) is 13.2 Å². The van der Waals surface area contributed by atoms with E-state index in [1.54, 1.807) is 0 Å². The van der Waals surface area contributed by atoms with Gasteiger partial charge < -0.3 is 14.7 Å². The maximum Gasteiger partial charge on any atom is 0.416 e. The van der Waals surface area contributed by atoms with Gasteiger partial charge in [-0.3, -0.25) is 13.9 Å².